The van der Waals surface area contributed by atoms with E-state index in [9.17, 15) is 0 Å². The molecule has 61 heavy (non-hydrogen) atoms. The number of para-hydroxylation sites is 2. The highest BCUT2D eigenvalue weighted by Crippen LogP contribution is 2.46. The Morgan fingerprint density at radius 3 is 1.64 bits per heavy atom. The standard InChI is InChI=1S/C56H39N5/c1-36-45(31-32-48-46-20-10-13-23-51(46)61(53(36)48)44-30-24-37-14-8-9-19-41(37)34-44)42-27-33-52-49(35-42)47-21-11-12-22-50(47)60(52)43-28-25-40(26-29-43)56-58-54(38-15-4-2-5-16-38)57-55(59-56)39-17-6-3-7-18-39/h2-36,45H,1H3. The highest BCUT2D eigenvalue weighted by atomic mass is 15.0. The number of allylic oxidation sites excluding steroid dienone is 1. The van der Waals surface area contributed by atoms with Gasteiger partial charge in [-0.1, -0.05) is 153 Å². The van der Waals surface area contributed by atoms with Crippen LogP contribution in [0.2, 0.25) is 0 Å². The lowest BCUT2D eigenvalue weighted by atomic mass is 9.79. The van der Waals surface area contributed by atoms with Crippen LogP contribution in [0.25, 0.3) is 95.1 Å². The Bertz CT molecular complexity index is 3430. The van der Waals surface area contributed by atoms with Crippen LogP contribution in [0.15, 0.2) is 200 Å². The van der Waals surface area contributed by atoms with E-state index in [0.717, 1.165) is 22.4 Å². The van der Waals surface area contributed by atoms with Crippen LogP contribution in [0.1, 0.15) is 35.6 Å². The topological polar surface area (TPSA) is 48.5 Å². The van der Waals surface area contributed by atoms with E-state index in [4.69, 9.17) is 15.0 Å². The van der Waals surface area contributed by atoms with Crippen LogP contribution in [0, 0.1) is 0 Å². The minimum atomic E-state index is 0.198. The molecule has 12 rings (SSSR count). The average molecular weight is 782 g/mol. The summed E-state index contributed by atoms with van der Waals surface area (Å²) in [4.78, 5) is 14.8. The van der Waals surface area contributed by atoms with Gasteiger partial charge < -0.3 is 9.13 Å². The smallest absolute Gasteiger partial charge is 0.164 e. The molecule has 8 aromatic carbocycles. The van der Waals surface area contributed by atoms with Crippen LogP contribution in [-0.2, 0) is 0 Å². The van der Waals surface area contributed by atoms with Gasteiger partial charge in [-0.25, -0.2) is 15.0 Å². The Labute approximate surface area is 353 Å². The predicted molar refractivity (Wildman–Crippen MR) is 251 cm³/mol. The van der Waals surface area contributed by atoms with E-state index in [1.807, 2.05) is 60.7 Å². The maximum absolute atomic E-state index is 4.98. The zero-order chi connectivity index (χ0) is 40.4. The van der Waals surface area contributed by atoms with E-state index >= 15 is 0 Å². The number of hydrogen-bond acceptors (Lipinski definition) is 3. The normalized spacial score (nSPS) is 14.9. The Morgan fingerprint density at radius 1 is 0.410 bits per heavy atom. The molecule has 2 atom stereocenters. The molecule has 3 aromatic heterocycles. The first-order valence-electron chi connectivity index (χ1n) is 21.0. The lowest BCUT2D eigenvalue weighted by molar-refractivity contribution is 0.640. The predicted octanol–water partition coefficient (Wildman–Crippen LogP) is 14.0. The molecule has 0 fully saturated rings. The third-order valence-corrected chi connectivity index (χ3v) is 12.5. The molecule has 2 unspecified atom stereocenters. The molecule has 0 radical (unpaired) electrons. The summed E-state index contributed by atoms with van der Waals surface area (Å²) >= 11 is 0. The summed E-state index contributed by atoms with van der Waals surface area (Å²) in [5, 5.41) is 6.28. The van der Waals surface area contributed by atoms with Crippen molar-refractivity contribution >= 4 is 49.6 Å². The number of hydrogen-bond donors (Lipinski definition) is 0. The van der Waals surface area contributed by atoms with Crippen LogP contribution in [0.5, 0.6) is 0 Å². The van der Waals surface area contributed by atoms with Crippen LogP contribution in [0.3, 0.4) is 0 Å². The summed E-state index contributed by atoms with van der Waals surface area (Å²) in [5.74, 6) is 2.38. The molecule has 11 aromatic rings. The zero-order valence-electron chi connectivity index (χ0n) is 33.5. The fourth-order valence-electron chi connectivity index (χ4n) is 9.61. The Morgan fingerprint density at radius 2 is 0.951 bits per heavy atom. The van der Waals surface area contributed by atoms with Gasteiger partial charge in [0, 0.05) is 67.3 Å². The summed E-state index contributed by atoms with van der Waals surface area (Å²) in [6.45, 7) is 2.40. The van der Waals surface area contributed by atoms with Gasteiger partial charge in [0.25, 0.3) is 0 Å². The van der Waals surface area contributed by atoms with Crippen molar-refractivity contribution in [1.29, 1.82) is 0 Å². The Balaban J connectivity index is 0.938. The monoisotopic (exact) mass is 781 g/mol. The lowest BCUT2D eigenvalue weighted by Crippen LogP contribution is -2.14. The largest absolute Gasteiger partial charge is 0.313 e. The summed E-state index contributed by atoms with van der Waals surface area (Å²) in [6.07, 6.45) is 4.80. The second-order valence-electron chi connectivity index (χ2n) is 16.1. The van der Waals surface area contributed by atoms with Crippen molar-refractivity contribution in [1.82, 2.24) is 24.1 Å². The highest BCUT2D eigenvalue weighted by Gasteiger charge is 2.31. The van der Waals surface area contributed by atoms with Crippen molar-refractivity contribution in [2.24, 2.45) is 0 Å². The fraction of sp³-hybridized carbons (Fsp3) is 0.0536. The van der Waals surface area contributed by atoms with Crippen molar-refractivity contribution in [2.75, 3.05) is 0 Å². The number of rotatable bonds is 6. The van der Waals surface area contributed by atoms with Crippen molar-refractivity contribution in [3.63, 3.8) is 0 Å². The summed E-state index contributed by atoms with van der Waals surface area (Å²) < 4.78 is 4.89. The van der Waals surface area contributed by atoms with Crippen LogP contribution >= 0.6 is 0 Å². The quantitative estimate of drug-likeness (QED) is 0.169. The van der Waals surface area contributed by atoms with Gasteiger partial charge in [-0.15, -0.1) is 0 Å². The van der Waals surface area contributed by atoms with Gasteiger partial charge in [0.05, 0.1) is 16.6 Å². The van der Waals surface area contributed by atoms with Crippen molar-refractivity contribution in [3.05, 3.63) is 217 Å². The fourth-order valence-corrected chi connectivity index (χ4v) is 9.61. The molecule has 3 heterocycles. The third-order valence-electron chi connectivity index (χ3n) is 12.5. The summed E-state index contributed by atoms with van der Waals surface area (Å²) in [7, 11) is 0. The summed E-state index contributed by atoms with van der Waals surface area (Å²) in [6, 6.07) is 69.0. The zero-order valence-corrected chi connectivity index (χ0v) is 33.5. The second kappa shape index (κ2) is 14.1. The molecule has 0 spiro atoms. The second-order valence-corrected chi connectivity index (χ2v) is 16.1. The molecule has 5 heteroatoms. The average Bonchev–Trinajstić information content (AvgIpc) is 3.85. The molecule has 1 aliphatic rings. The van der Waals surface area contributed by atoms with E-state index in [-0.39, 0.29) is 11.8 Å². The molecule has 0 bridgehead atoms. The molecule has 288 valence electrons. The van der Waals surface area contributed by atoms with Gasteiger partial charge in [0.15, 0.2) is 17.5 Å². The van der Waals surface area contributed by atoms with Gasteiger partial charge >= 0.3 is 0 Å². The number of benzene rings is 8. The van der Waals surface area contributed by atoms with Gasteiger partial charge in [0.1, 0.15) is 0 Å². The molecule has 0 saturated carbocycles. The number of nitrogens with zero attached hydrogens (tertiary/aromatic N) is 5. The number of fused-ring (bicyclic) bond motifs is 7. The molecule has 0 N–H and O–H groups in total. The minimum Gasteiger partial charge on any atom is -0.313 e. The SMILES string of the molecule is CC1c2c(c3ccccc3n2-c2ccc3ccccc3c2)C=CC1c1ccc2c(c1)c1ccccc1n2-c1ccc(-c2nc(-c3ccccc3)nc(-c3ccccc3)n2)cc1. The van der Waals surface area contributed by atoms with E-state index in [1.54, 1.807) is 0 Å². The van der Waals surface area contributed by atoms with E-state index in [1.165, 1.54) is 66.0 Å². The maximum atomic E-state index is 4.98. The summed E-state index contributed by atoms with van der Waals surface area (Å²) in [5.41, 5.74) is 12.7. The van der Waals surface area contributed by atoms with Crippen LogP contribution in [-0.4, -0.2) is 24.1 Å². The molecule has 0 amide bonds. The van der Waals surface area contributed by atoms with Crippen molar-refractivity contribution in [3.8, 4) is 45.5 Å². The van der Waals surface area contributed by atoms with Gasteiger partial charge in [-0.2, -0.15) is 0 Å². The molecular weight excluding hydrogens is 743 g/mol. The molecule has 5 nitrogen and oxygen atoms in total. The Kier molecular flexibility index (Phi) is 8.13. The Hall–Kier alpha value is -7.89. The molecular formula is C56H39N5. The maximum Gasteiger partial charge on any atom is 0.164 e. The molecule has 0 aliphatic heterocycles. The first-order chi connectivity index (χ1) is 30.2. The van der Waals surface area contributed by atoms with Gasteiger partial charge in [-0.3, -0.25) is 0 Å². The van der Waals surface area contributed by atoms with Crippen molar-refractivity contribution < 1.29 is 0 Å². The van der Waals surface area contributed by atoms with E-state index in [0.29, 0.717) is 17.5 Å². The minimum absolute atomic E-state index is 0.198. The molecule has 1 aliphatic carbocycles. The van der Waals surface area contributed by atoms with Crippen LogP contribution in [0.4, 0.5) is 0 Å². The third kappa shape index (κ3) is 5.81. The van der Waals surface area contributed by atoms with Crippen molar-refractivity contribution in [2.45, 2.75) is 18.8 Å². The van der Waals surface area contributed by atoms with Crippen LogP contribution < -0.4 is 0 Å². The van der Waals surface area contributed by atoms with E-state index in [2.05, 4.69) is 162 Å². The number of aromatic nitrogens is 5. The lowest BCUT2D eigenvalue weighted by Gasteiger charge is -2.28. The van der Waals surface area contributed by atoms with Gasteiger partial charge in [-0.05, 0) is 77.0 Å². The van der Waals surface area contributed by atoms with Gasteiger partial charge in [0.2, 0.25) is 0 Å². The van der Waals surface area contributed by atoms with E-state index < -0.39 is 0 Å². The first kappa shape index (κ1) is 35.1. The molecule has 0 saturated heterocycles. The first-order valence-corrected chi connectivity index (χ1v) is 21.0. The highest BCUT2D eigenvalue weighted by molar-refractivity contribution is 6.09.